The molecule has 3 rings (SSSR count). The number of benzene rings is 2. The Hall–Kier alpha value is -3.08. The summed E-state index contributed by atoms with van der Waals surface area (Å²) >= 11 is 0. The summed E-state index contributed by atoms with van der Waals surface area (Å²) in [7, 11) is 0. The van der Waals surface area contributed by atoms with Gasteiger partial charge < -0.3 is 15.4 Å². The third-order valence-electron chi connectivity index (χ3n) is 4.08. The topological polar surface area (TPSA) is 59.1 Å². The molecule has 0 saturated carbocycles. The first-order valence-corrected chi connectivity index (χ1v) is 9.37. The number of anilines is 3. The minimum Gasteiger partial charge on any atom is -0.492 e. The molecule has 0 atom stereocenters. The zero-order valence-corrected chi connectivity index (χ0v) is 15.9. The van der Waals surface area contributed by atoms with Gasteiger partial charge in [-0.2, -0.15) is 0 Å². The van der Waals surface area contributed by atoms with Crippen molar-refractivity contribution in [1.29, 1.82) is 0 Å². The Balaban J connectivity index is 1.61. The third kappa shape index (κ3) is 5.71. The van der Waals surface area contributed by atoms with Crippen molar-refractivity contribution in [2.24, 2.45) is 0 Å². The van der Waals surface area contributed by atoms with Crippen molar-refractivity contribution in [2.75, 3.05) is 23.8 Å². The molecule has 140 valence electrons. The van der Waals surface area contributed by atoms with Gasteiger partial charge in [-0.3, -0.25) is 0 Å². The van der Waals surface area contributed by atoms with E-state index >= 15 is 0 Å². The molecule has 1 heterocycles. The highest BCUT2D eigenvalue weighted by Crippen LogP contribution is 2.27. The SMILES string of the molecule is CCOc1ccccc1Nc1cc(NCCCc2ccccc2)nc(C)n1. The van der Waals surface area contributed by atoms with Crippen molar-refractivity contribution in [3.8, 4) is 5.75 Å². The molecule has 0 radical (unpaired) electrons. The lowest BCUT2D eigenvalue weighted by Gasteiger charge is -2.13. The van der Waals surface area contributed by atoms with Crippen molar-refractivity contribution in [1.82, 2.24) is 9.97 Å². The predicted molar refractivity (Wildman–Crippen MR) is 111 cm³/mol. The molecule has 0 fully saturated rings. The molecule has 0 saturated heterocycles. The lowest BCUT2D eigenvalue weighted by Crippen LogP contribution is -2.07. The van der Waals surface area contributed by atoms with Crippen LogP contribution in [0.5, 0.6) is 5.75 Å². The van der Waals surface area contributed by atoms with Crippen molar-refractivity contribution < 1.29 is 4.74 Å². The van der Waals surface area contributed by atoms with E-state index in [1.807, 2.05) is 50.2 Å². The lowest BCUT2D eigenvalue weighted by atomic mass is 10.1. The molecule has 0 unspecified atom stereocenters. The van der Waals surface area contributed by atoms with Gasteiger partial charge in [0.1, 0.15) is 23.2 Å². The molecule has 2 N–H and O–H groups in total. The Morgan fingerprint density at radius 1 is 0.926 bits per heavy atom. The van der Waals surface area contributed by atoms with E-state index in [2.05, 4.69) is 44.9 Å². The second-order valence-electron chi connectivity index (χ2n) is 6.26. The Bertz CT molecular complexity index is 852. The number of ether oxygens (including phenoxy) is 1. The third-order valence-corrected chi connectivity index (χ3v) is 4.08. The number of para-hydroxylation sites is 2. The molecule has 0 bridgehead atoms. The summed E-state index contributed by atoms with van der Waals surface area (Å²) in [4.78, 5) is 8.97. The van der Waals surface area contributed by atoms with Crippen molar-refractivity contribution >= 4 is 17.3 Å². The van der Waals surface area contributed by atoms with Gasteiger partial charge >= 0.3 is 0 Å². The molecule has 2 aromatic carbocycles. The molecule has 0 aliphatic rings. The van der Waals surface area contributed by atoms with Gasteiger partial charge in [0.05, 0.1) is 12.3 Å². The van der Waals surface area contributed by atoms with E-state index < -0.39 is 0 Å². The zero-order valence-electron chi connectivity index (χ0n) is 15.9. The van der Waals surface area contributed by atoms with Crippen LogP contribution in [-0.4, -0.2) is 23.1 Å². The van der Waals surface area contributed by atoms with Crippen LogP contribution in [0, 0.1) is 6.92 Å². The number of rotatable bonds is 9. The van der Waals surface area contributed by atoms with Crippen LogP contribution >= 0.6 is 0 Å². The van der Waals surface area contributed by atoms with Crippen LogP contribution in [0.3, 0.4) is 0 Å². The van der Waals surface area contributed by atoms with Gasteiger partial charge in [-0.25, -0.2) is 9.97 Å². The lowest BCUT2D eigenvalue weighted by molar-refractivity contribution is 0.342. The second kappa shape index (κ2) is 9.57. The molecule has 0 aliphatic carbocycles. The summed E-state index contributed by atoms with van der Waals surface area (Å²) in [6.07, 6.45) is 2.09. The highest BCUT2D eigenvalue weighted by atomic mass is 16.5. The standard InChI is InChI=1S/C22H26N4O/c1-3-27-20-14-8-7-13-19(20)26-22-16-21(24-17(2)25-22)23-15-9-12-18-10-5-4-6-11-18/h4-8,10-11,13-14,16H,3,9,12,15H2,1-2H3,(H2,23,24,25,26). The fourth-order valence-electron chi connectivity index (χ4n) is 2.87. The predicted octanol–water partition coefficient (Wildman–Crippen LogP) is 4.97. The van der Waals surface area contributed by atoms with Crippen LogP contribution in [0.15, 0.2) is 60.7 Å². The molecule has 0 aliphatic heterocycles. The number of hydrogen-bond acceptors (Lipinski definition) is 5. The van der Waals surface area contributed by atoms with Crippen molar-refractivity contribution in [3.63, 3.8) is 0 Å². The largest absolute Gasteiger partial charge is 0.492 e. The fourth-order valence-corrected chi connectivity index (χ4v) is 2.87. The second-order valence-corrected chi connectivity index (χ2v) is 6.26. The Morgan fingerprint density at radius 2 is 1.67 bits per heavy atom. The molecule has 5 heteroatoms. The zero-order chi connectivity index (χ0) is 18.9. The van der Waals surface area contributed by atoms with Gasteiger partial charge in [-0.15, -0.1) is 0 Å². The van der Waals surface area contributed by atoms with Crippen LogP contribution < -0.4 is 15.4 Å². The van der Waals surface area contributed by atoms with E-state index in [0.717, 1.165) is 48.3 Å². The molecule has 5 nitrogen and oxygen atoms in total. The van der Waals surface area contributed by atoms with Crippen LogP contribution in [0.2, 0.25) is 0 Å². The van der Waals surface area contributed by atoms with Gasteiger partial charge in [0, 0.05) is 12.6 Å². The molecule has 27 heavy (non-hydrogen) atoms. The monoisotopic (exact) mass is 362 g/mol. The maximum atomic E-state index is 5.67. The molecular weight excluding hydrogens is 336 g/mol. The van der Waals surface area contributed by atoms with Crippen LogP contribution in [-0.2, 0) is 6.42 Å². The summed E-state index contributed by atoms with van der Waals surface area (Å²) in [6.45, 7) is 5.36. The molecule has 1 aromatic heterocycles. The number of hydrogen-bond donors (Lipinski definition) is 2. The average Bonchev–Trinajstić information content (AvgIpc) is 2.67. The van der Waals surface area contributed by atoms with Crippen LogP contribution in [0.4, 0.5) is 17.3 Å². The van der Waals surface area contributed by atoms with Gasteiger partial charge in [-0.05, 0) is 44.4 Å². The number of nitrogens with zero attached hydrogens (tertiary/aromatic N) is 2. The average molecular weight is 362 g/mol. The first kappa shape index (κ1) is 18.7. The number of aromatic nitrogens is 2. The van der Waals surface area contributed by atoms with E-state index in [4.69, 9.17) is 4.74 Å². The summed E-state index contributed by atoms with van der Waals surface area (Å²) < 4.78 is 5.67. The summed E-state index contributed by atoms with van der Waals surface area (Å²) in [5.41, 5.74) is 2.25. The van der Waals surface area contributed by atoms with E-state index in [1.165, 1.54) is 5.56 Å². The first-order chi connectivity index (χ1) is 13.2. The maximum Gasteiger partial charge on any atom is 0.142 e. The molecule has 3 aromatic rings. The van der Waals surface area contributed by atoms with E-state index in [1.54, 1.807) is 0 Å². The van der Waals surface area contributed by atoms with Gasteiger partial charge in [-0.1, -0.05) is 42.5 Å². The summed E-state index contributed by atoms with van der Waals surface area (Å²) in [5, 5.41) is 6.74. The first-order valence-electron chi connectivity index (χ1n) is 9.37. The Kier molecular flexibility index (Phi) is 6.63. The van der Waals surface area contributed by atoms with Crippen LogP contribution in [0.1, 0.15) is 24.7 Å². The smallest absolute Gasteiger partial charge is 0.142 e. The van der Waals surface area contributed by atoms with Gasteiger partial charge in [0.2, 0.25) is 0 Å². The van der Waals surface area contributed by atoms with E-state index in [0.29, 0.717) is 6.61 Å². The fraction of sp³-hybridized carbons (Fsp3) is 0.273. The number of aryl methyl sites for hydroxylation is 2. The van der Waals surface area contributed by atoms with Crippen LogP contribution in [0.25, 0.3) is 0 Å². The molecular formula is C22H26N4O. The van der Waals surface area contributed by atoms with Crippen molar-refractivity contribution in [3.05, 3.63) is 72.1 Å². The van der Waals surface area contributed by atoms with Gasteiger partial charge in [0.15, 0.2) is 0 Å². The molecule has 0 amide bonds. The maximum absolute atomic E-state index is 5.67. The quantitative estimate of drug-likeness (QED) is 0.526. The Labute approximate surface area is 160 Å². The minimum atomic E-state index is 0.621. The number of nitrogens with one attached hydrogen (secondary N) is 2. The highest BCUT2D eigenvalue weighted by molar-refractivity contribution is 5.65. The van der Waals surface area contributed by atoms with Crippen molar-refractivity contribution in [2.45, 2.75) is 26.7 Å². The van der Waals surface area contributed by atoms with E-state index in [-0.39, 0.29) is 0 Å². The Morgan fingerprint density at radius 3 is 2.48 bits per heavy atom. The molecule has 0 spiro atoms. The summed E-state index contributed by atoms with van der Waals surface area (Å²) in [5.74, 6) is 3.11. The highest BCUT2D eigenvalue weighted by Gasteiger charge is 2.06. The van der Waals surface area contributed by atoms with Gasteiger partial charge in [0.25, 0.3) is 0 Å². The normalized spacial score (nSPS) is 10.4. The summed E-state index contributed by atoms with van der Waals surface area (Å²) in [6, 6.07) is 20.3. The van der Waals surface area contributed by atoms with E-state index in [9.17, 15) is 0 Å². The minimum absolute atomic E-state index is 0.621.